The van der Waals surface area contributed by atoms with Gasteiger partial charge in [0, 0.05) is 11.0 Å². The highest BCUT2D eigenvalue weighted by Gasteiger charge is 2.29. The second kappa shape index (κ2) is 5.18. The minimum atomic E-state index is -0.648. The van der Waals surface area contributed by atoms with Crippen LogP contribution in [0.3, 0.4) is 0 Å². The molecule has 0 spiro atoms. The van der Waals surface area contributed by atoms with Gasteiger partial charge in [0.2, 0.25) is 0 Å². The van der Waals surface area contributed by atoms with Gasteiger partial charge >= 0.3 is 0 Å². The van der Waals surface area contributed by atoms with Crippen LogP contribution < -0.4 is 0 Å². The third-order valence-electron chi connectivity index (χ3n) is 2.99. The highest BCUT2D eigenvalue weighted by Crippen LogP contribution is 2.25. The Balaban J connectivity index is 1.98. The summed E-state index contributed by atoms with van der Waals surface area (Å²) in [4.78, 5) is 14.9. The fourth-order valence-electron chi connectivity index (χ4n) is 2.23. The lowest BCUT2D eigenvalue weighted by molar-refractivity contribution is -0.0132. The highest BCUT2D eigenvalue weighted by atomic mass is 79.9. The van der Waals surface area contributed by atoms with Crippen LogP contribution in [0.15, 0.2) is 15.9 Å². The number of ketones is 1. The van der Waals surface area contributed by atoms with E-state index in [1.807, 2.05) is 23.3 Å². The number of hydrogen-bond acceptors (Lipinski definition) is 4. The minimum absolute atomic E-state index is 0.129. The van der Waals surface area contributed by atoms with Gasteiger partial charge < -0.3 is 5.11 Å². The smallest absolute Gasteiger partial charge is 0.187 e. The summed E-state index contributed by atoms with van der Waals surface area (Å²) in [7, 11) is 0. The van der Waals surface area contributed by atoms with Crippen LogP contribution in [-0.4, -0.2) is 41.0 Å². The molecule has 2 heterocycles. The van der Waals surface area contributed by atoms with Crippen molar-refractivity contribution in [1.82, 2.24) is 4.90 Å². The summed E-state index contributed by atoms with van der Waals surface area (Å²) in [6, 6.07) is 1.89. The molecule has 1 aliphatic heterocycles. The number of hydrogen-bond donors (Lipinski definition) is 1. The van der Waals surface area contributed by atoms with Gasteiger partial charge in [-0.05, 0) is 53.7 Å². The van der Waals surface area contributed by atoms with Gasteiger partial charge in [-0.2, -0.15) is 0 Å². The molecule has 17 heavy (non-hydrogen) atoms. The van der Waals surface area contributed by atoms with Crippen molar-refractivity contribution in [2.45, 2.75) is 25.4 Å². The fraction of sp³-hybridized carbons (Fsp3) is 0.583. The van der Waals surface area contributed by atoms with Gasteiger partial charge in [0.15, 0.2) is 5.78 Å². The predicted molar refractivity (Wildman–Crippen MR) is 72.6 cm³/mol. The number of nitrogens with zero attached hydrogens (tertiary/aromatic N) is 1. The van der Waals surface area contributed by atoms with Crippen molar-refractivity contribution in [3.63, 3.8) is 0 Å². The van der Waals surface area contributed by atoms with Crippen LogP contribution in [0.2, 0.25) is 0 Å². The molecule has 1 aromatic heterocycles. The van der Waals surface area contributed by atoms with Gasteiger partial charge in [-0.25, -0.2) is 0 Å². The summed E-state index contributed by atoms with van der Waals surface area (Å²) < 4.78 is 0.872. The SMILES string of the molecule is CC1(O)CCCN(CC(=O)c2sccc2Br)C1. The van der Waals surface area contributed by atoms with E-state index in [9.17, 15) is 9.90 Å². The molecule has 3 nitrogen and oxygen atoms in total. The lowest BCUT2D eigenvalue weighted by atomic mass is 9.95. The van der Waals surface area contributed by atoms with Crippen molar-refractivity contribution in [3.8, 4) is 0 Å². The molecule has 0 bridgehead atoms. The minimum Gasteiger partial charge on any atom is -0.389 e. The number of halogens is 1. The maximum atomic E-state index is 12.1. The summed E-state index contributed by atoms with van der Waals surface area (Å²) >= 11 is 4.84. The maximum Gasteiger partial charge on any atom is 0.187 e. The molecule has 1 saturated heterocycles. The van der Waals surface area contributed by atoms with Gasteiger partial charge in [-0.15, -0.1) is 11.3 Å². The highest BCUT2D eigenvalue weighted by molar-refractivity contribution is 9.10. The summed E-state index contributed by atoms with van der Waals surface area (Å²) in [6.07, 6.45) is 1.77. The third kappa shape index (κ3) is 3.37. The maximum absolute atomic E-state index is 12.1. The normalized spacial score (nSPS) is 26.1. The zero-order chi connectivity index (χ0) is 12.5. The van der Waals surface area contributed by atoms with Crippen molar-refractivity contribution in [2.75, 3.05) is 19.6 Å². The molecule has 0 radical (unpaired) electrons. The first-order valence-electron chi connectivity index (χ1n) is 5.69. The van der Waals surface area contributed by atoms with E-state index in [4.69, 9.17) is 0 Å². The number of rotatable bonds is 3. The average Bonchev–Trinajstić information content (AvgIpc) is 2.62. The van der Waals surface area contributed by atoms with Gasteiger partial charge in [0.05, 0.1) is 17.0 Å². The van der Waals surface area contributed by atoms with Crippen molar-refractivity contribution < 1.29 is 9.90 Å². The van der Waals surface area contributed by atoms with Crippen molar-refractivity contribution >= 4 is 33.0 Å². The zero-order valence-corrected chi connectivity index (χ0v) is 12.2. The topological polar surface area (TPSA) is 40.5 Å². The third-order valence-corrected chi connectivity index (χ3v) is 4.87. The van der Waals surface area contributed by atoms with E-state index >= 15 is 0 Å². The molecular formula is C12H16BrNO2S. The standard InChI is InChI=1S/C12H16BrNO2S/c1-12(16)4-2-5-14(8-12)7-10(15)11-9(13)3-6-17-11/h3,6,16H,2,4-5,7-8H2,1H3. The van der Waals surface area contributed by atoms with Crippen LogP contribution in [0, 0.1) is 0 Å². The Hall–Kier alpha value is -0.230. The summed E-state index contributed by atoms with van der Waals surface area (Å²) in [6.45, 7) is 3.71. The van der Waals surface area contributed by atoms with Crippen molar-refractivity contribution in [1.29, 1.82) is 0 Å². The molecule has 0 amide bonds. The predicted octanol–water partition coefficient (Wildman–Crippen LogP) is 2.54. The second-order valence-corrected chi connectivity index (χ2v) is 6.60. The molecule has 1 aromatic rings. The Kier molecular flexibility index (Phi) is 4.02. The number of aliphatic hydroxyl groups is 1. The van der Waals surface area contributed by atoms with Crippen LogP contribution in [0.5, 0.6) is 0 Å². The molecule has 1 N–H and O–H groups in total. The van der Waals surface area contributed by atoms with E-state index in [1.165, 1.54) is 11.3 Å². The summed E-state index contributed by atoms with van der Waals surface area (Å²) in [5.74, 6) is 0.129. The molecular weight excluding hydrogens is 302 g/mol. The van der Waals surface area contributed by atoms with Crippen LogP contribution in [-0.2, 0) is 0 Å². The van der Waals surface area contributed by atoms with Gasteiger partial charge in [0.25, 0.3) is 0 Å². The largest absolute Gasteiger partial charge is 0.389 e. The molecule has 94 valence electrons. The number of carbonyl (C=O) groups excluding carboxylic acids is 1. The number of piperidine rings is 1. The zero-order valence-electron chi connectivity index (χ0n) is 9.78. The van der Waals surface area contributed by atoms with Crippen molar-refractivity contribution in [3.05, 3.63) is 20.8 Å². The first-order chi connectivity index (χ1) is 7.98. The summed E-state index contributed by atoms with van der Waals surface area (Å²) in [5, 5.41) is 11.9. The van der Waals surface area contributed by atoms with E-state index in [2.05, 4.69) is 15.9 Å². The molecule has 1 unspecified atom stereocenters. The number of thiophene rings is 1. The van der Waals surface area contributed by atoms with Gasteiger partial charge in [0.1, 0.15) is 0 Å². The molecule has 1 fully saturated rings. The lowest BCUT2D eigenvalue weighted by Gasteiger charge is -2.36. The molecule has 5 heteroatoms. The lowest BCUT2D eigenvalue weighted by Crippen LogP contribution is -2.47. The molecule has 0 aromatic carbocycles. The Morgan fingerprint density at radius 1 is 1.71 bits per heavy atom. The number of carbonyl (C=O) groups is 1. The van der Waals surface area contributed by atoms with Crippen molar-refractivity contribution in [2.24, 2.45) is 0 Å². The molecule has 1 aliphatic rings. The molecule has 1 atom stereocenters. The number of likely N-dealkylation sites (tertiary alicyclic amines) is 1. The van der Waals surface area contributed by atoms with Crippen LogP contribution in [0.1, 0.15) is 29.4 Å². The van der Waals surface area contributed by atoms with Gasteiger partial charge in [-0.3, -0.25) is 9.69 Å². The number of Topliss-reactive ketones (excluding diaryl/α,β-unsaturated/α-hetero) is 1. The van der Waals surface area contributed by atoms with Crippen LogP contribution in [0.25, 0.3) is 0 Å². The molecule has 0 aliphatic carbocycles. The quantitative estimate of drug-likeness (QED) is 0.871. The Morgan fingerprint density at radius 2 is 2.47 bits per heavy atom. The second-order valence-electron chi connectivity index (χ2n) is 4.83. The molecule has 0 saturated carbocycles. The fourth-order valence-corrected chi connectivity index (χ4v) is 3.75. The monoisotopic (exact) mass is 317 g/mol. The Morgan fingerprint density at radius 3 is 3.06 bits per heavy atom. The first-order valence-corrected chi connectivity index (χ1v) is 7.36. The van der Waals surface area contributed by atoms with Crippen LogP contribution in [0.4, 0.5) is 0 Å². The summed E-state index contributed by atoms with van der Waals surface area (Å²) in [5.41, 5.74) is -0.648. The number of β-amino-alcohol motifs (C(OH)–C–C–N with tert-alkyl or cyclic N) is 1. The van der Waals surface area contributed by atoms with E-state index in [-0.39, 0.29) is 5.78 Å². The molecule has 2 rings (SSSR count). The van der Waals surface area contributed by atoms with Gasteiger partial charge in [-0.1, -0.05) is 0 Å². The Labute approximate surface area is 114 Å². The first kappa shape index (κ1) is 13.2. The van der Waals surface area contributed by atoms with Crippen LogP contribution >= 0.6 is 27.3 Å². The van der Waals surface area contributed by atoms with E-state index in [0.29, 0.717) is 13.1 Å². The van der Waals surface area contributed by atoms with E-state index < -0.39 is 5.60 Å². The van der Waals surface area contributed by atoms with E-state index in [0.717, 1.165) is 28.7 Å². The van der Waals surface area contributed by atoms with E-state index in [1.54, 1.807) is 0 Å². The average molecular weight is 318 g/mol. The Bertz CT molecular complexity index is 416.